The van der Waals surface area contributed by atoms with Gasteiger partial charge in [0, 0.05) is 18.7 Å². The van der Waals surface area contributed by atoms with E-state index < -0.39 is 10.0 Å². The fourth-order valence-corrected chi connectivity index (χ4v) is 3.31. The monoisotopic (exact) mass is 336 g/mol. The minimum atomic E-state index is -3.09. The van der Waals surface area contributed by atoms with Gasteiger partial charge in [0.1, 0.15) is 11.5 Å². The molecule has 0 aliphatic rings. The van der Waals surface area contributed by atoms with Gasteiger partial charge in [-0.05, 0) is 25.1 Å². The van der Waals surface area contributed by atoms with E-state index in [2.05, 4.69) is 5.32 Å². The number of hydrogen-bond acceptors (Lipinski definition) is 4. The Morgan fingerprint density at radius 3 is 2.52 bits per heavy atom. The third-order valence-electron chi connectivity index (χ3n) is 3.60. The highest BCUT2D eigenvalue weighted by Gasteiger charge is 2.13. The Morgan fingerprint density at radius 1 is 1.13 bits per heavy atom. The number of nitrogens with zero attached hydrogens (tertiary/aromatic N) is 1. The smallest absolute Gasteiger partial charge is 0.211 e. The van der Waals surface area contributed by atoms with Crippen LogP contribution in [0.25, 0.3) is 11.3 Å². The van der Waals surface area contributed by atoms with E-state index in [1.165, 1.54) is 10.6 Å². The molecule has 0 atom stereocenters. The number of rotatable bonds is 9. The molecule has 0 radical (unpaired) electrons. The maximum absolute atomic E-state index is 11.5. The Balaban J connectivity index is 1.74. The lowest BCUT2D eigenvalue weighted by Crippen LogP contribution is -2.32. The summed E-state index contributed by atoms with van der Waals surface area (Å²) in [4.78, 5) is 0. The summed E-state index contributed by atoms with van der Waals surface area (Å²) in [5.74, 6) is 1.73. The topological polar surface area (TPSA) is 62.6 Å². The van der Waals surface area contributed by atoms with Gasteiger partial charge >= 0.3 is 0 Å². The predicted molar refractivity (Wildman–Crippen MR) is 92.6 cm³/mol. The molecule has 2 aromatic rings. The van der Waals surface area contributed by atoms with Gasteiger partial charge in [0.25, 0.3) is 0 Å². The van der Waals surface area contributed by atoms with E-state index in [0.717, 1.165) is 30.0 Å². The third-order valence-corrected chi connectivity index (χ3v) is 4.98. The Bertz CT molecular complexity index is 696. The van der Waals surface area contributed by atoms with Crippen molar-refractivity contribution in [3.05, 3.63) is 48.2 Å². The number of sulfonamides is 1. The molecular formula is C17H24N2O3S. The second kappa shape index (κ2) is 8.29. The molecular weight excluding hydrogens is 312 g/mol. The summed E-state index contributed by atoms with van der Waals surface area (Å²) in [5, 5.41) is 3.28. The zero-order chi connectivity index (χ0) is 16.7. The molecule has 0 bridgehead atoms. The molecule has 2 rings (SSSR count). The molecule has 0 aliphatic heterocycles. The van der Waals surface area contributed by atoms with Gasteiger partial charge in [0.15, 0.2) is 0 Å². The van der Waals surface area contributed by atoms with E-state index in [-0.39, 0.29) is 0 Å². The third kappa shape index (κ3) is 5.49. The van der Waals surface area contributed by atoms with Crippen LogP contribution in [0.4, 0.5) is 0 Å². The van der Waals surface area contributed by atoms with Crippen molar-refractivity contribution < 1.29 is 12.8 Å². The van der Waals surface area contributed by atoms with Crippen LogP contribution in [-0.2, 0) is 16.6 Å². The van der Waals surface area contributed by atoms with E-state index in [1.54, 1.807) is 0 Å². The van der Waals surface area contributed by atoms with E-state index in [4.69, 9.17) is 4.42 Å². The summed E-state index contributed by atoms with van der Waals surface area (Å²) in [6, 6.07) is 13.9. The standard InChI is InChI=1S/C17H24N2O3S/c1-3-19(23(2,20)21)13-7-12-18-14-16-10-11-17(22-16)15-8-5-4-6-9-15/h4-6,8-11,18H,3,7,12-14H2,1-2H3. The van der Waals surface area contributed by atoms with Gasteiger partial charge in [-0.15, -0.1) is 0 Å². The summed E-state index contributed by atoms with van der Waals surface area (Å²) >= 11 is 0. The van der Waals surface area contributed by atoms with Crippen LogP contribution in [0.5, 0.6) is 0 Å². The van der Waals surface area contributed by atoms with E-state index >= 15 is 0 Å². The first-order valence-electron chi connectivity index (χ1n) is 7.80. The number of nitrogens with one attached hydrogen (secondary N) is 1. The maximum atomic E-state index is 11.5. The van der Waals surface area contributed by atoms with Crippen LogP contribution in [0.2, 0.25) is 0 Å². The maximum Gasteiger partial charge on any atom is 0.211 e. The lowest BCUT2D eigenvalue weighted by molar-refractivity contribution is 0.414. The first-order valence-corrected chi connectivity index (χ1v) is 9.65. The lowest BCUT2D eigenvalue weighted by Gasteiger charge is -2.17. The molecule has 0 unspecified atom stereocenters. The summed E-state index contributed by atoms with van der Waals surface area (Å²) in [6.07, 6.45) is 2.02. The van der Waals surface area contributed by atoms with Crippen molar-refractivity contribution >= 4 is 10.0 Å². The quantitative estimate of drug-likeness (QED) is 0.715. The molecule has 126 valence electrons. The highest BCUT2D eigenvalue weighted by Crippen LogP contribution is 2.21. The second-order valence-electron chi connectivity index (χ2n) is 5.42. The minimum absolute atomic E-state index is 0.511. The molecule has 6 heteroatoms. The van der Waals surface area contributed by atoms with Crippen LogP contribution < -0.4 is 5.32 Å². The van der Waals surface area contributed by atoms with Crippen molar-refractivity contribution in [3.63, 3.8) is 0 Å². The van der Waals surface area contributed by atoms with Gasteiger partial charge in [-0.3, -0.25) is 0 Å². The normalized spacial score (nSPS) is 12.0. The van der Waals surface area contributed by atoms with Crippen molar-refractivity contribution in [1.82, 2.24) is 9.62 Å². The van der Waals surface area contributed by atoms with Gasteiger partial charge < -0.3 is 9.73 Å². The van der Waals surface area contributed by atoms with Gasteiger partial charge in [0.2, 0.25) is 10.0 Å². The highest BCUT2D eigenvalue weighted by atomic mass is 32.2. The van der Waals surface area contributed by atoms with Crippen molar-refractivity contribution in [2.75, 3.05) is 25.9 Å². The van der Waals surface area contributed by atoms with Crippen molar-refractivity contribution in [2.45, 2.75) is 19.9 Å². The van der Waals surface area contributed by atoms with E-state index in [1.807, 2.05) is 49.4 Å². The minimum Gasteiger partial charge on any atom is -0.460 e. The number of benzene rings is 1. The van der Waals surface area contributed by atoms with Gasteiger partial charge in [-0.1, -0.05) is 37.3 Å². The summed E-state index contributed by atoms with van der Waals surface area (Å²) in [5.41, 5.74) is 1.06. The van der Waals surface area contributed by atoms with Crippen LogP contribution in [0.1, 0.15) is 19.1 Å². The zero-order valence-electron chi connectivity index (χ0n) is 13.7. The molecule has 1 N–H and O–H groups in total. The molecule has 1 aromatic heterocycles. The summed E-state index contributed by atoms with van der Waals surface area (Å²) in [6.45, 7) is 4.28. The van der Waals surface area contributed by atoms with Crippen LogP contribution >= 0.6 is 0 Å². The molecule has 0 saturated heterocycles. The predicted octanol–water partition coefficient (Wildman–Crippen LogP) is 2.71. The Hall–Kier alpha value is -1.63. The molecule has 23 heavy (non-hydrogen) atoms. The van der Waals surface area contributed by atoms with Crippen LogP contribution in [0.15, 0.2) is 46.9 Å². The van der Waals surface area contributed by atoms with Gasteiger partial charge in [-0.25, -0.2) is 12.7 Å². The molecule has 5 nitrogen and oxygen atoms in total. The van der Waals surface area contributed by atoms with Gasteiger partial charge in [-0.2, -0.15) is 0 Å². The van der Waals surface area contributed by atoms with Crippen molar-refractivity contribution in [3.8, 4) is 11.3 Å². The molecule has 1 aromatic carbocycles. The Labute approximate surface area is 138 Å². The van der Waals surface area contributed by atoms with Crippen molar-refractivity contribution in [1.29, 1.82) is 0 Å². The largest absolute Gasteiger partial charge is 0.460 e. The molecule has 0 amide bonds. The highest BCUT2D eigenvalue weighted by molar-refractivity contribution is 7.88. The van der Waals surface area contributed by atoms with Crippen LogP contribution in [0.3, 0.4) is 0 Å². The molecule has 0 aliphatic carbocycles. The Morgan fingerprint density at radius 2 is 1.87 bits per heavy atom. The summed E-state index contributed by atoms with van der Waals surface area (Å²) < 4.78 is 30.2. The van der Waals surface area contributed by atoms with E-state index in [0.29, 0.717) is 19.6 Å². The molecule has 0 fully saturated rings. The fraction of sp³-hybridized carbons (Fsp3) is 0.412. The Kier molecular flexibility index (Phi) is 6.38. The summed E-state index contributed by atoms with van der Waals surface area (Å²) in [7, 11) is -3.09. The van der Waals surface area contributed by atoms with Gasteiger partial charge in [0.05, 0.1) is 12.8 Å². The zero-order valence-corrected chi connectivity index (χ0v) is 14.5. The van der Waals surface area contributed by atoms with Crippen LogP contribution in [-0.4, -0.2) is 38.6 Å². The van der Waals surface area contributed by atoms with E-state index in [9.17, 15) is 8.42 Å². The molecule has 0 saturated carbocycles. The average molecular weight is 336 g/mol. The molecule has 0 spiro atoms. The first-order chi connectivity index (χ1) is 11.0. The van der Waals surface area contributed by atoms with Crippen molar-refractivity contribution in [2.24, 2.45) is 0 Å². The lowest BCUT2D eigenvalue weighted by atomic mass is 10.2. The number of furan rings is 1. The second-order valence-corrected chi connectivity index (χ2v) is 7.40. The van der Waals surface area contributed by atoms with Crippen LogP contribution in [0, 0.1) is 0 Å². The number of hydrogen-bond donors (Lipinski definition) is 1. The molecule has 1 heterocycles. The fourth-order valence-electron chi connectivity index (χ4n) is 2.38. The first kappa shape index (κ1) is 17.7. The SMILES string of the molecule is CCN(CCCNCc1ccc(-c2ccccc2)o1)S(C)(=O)=O. The average Bonchev–Trinajstić information content (AvgIpc) is 2.99.